The largest absolute Gasteiger partial charge is 0.357 e. The summed E-state index contributed by atoms with van der Waals surface area (Å²) in [4.78, 5) is 20.7. The smallest absolute Gasteiger partial charge is 0.219 e. The maximum Gasteiger partial charge on any atom is 0.219 e. The van der Waals surface area contributed by atoms with E-state index in [0.717, 1.165) is 38.3 Å². The van der Waals surface area contributed by atoms with Crippen LogP contribution >= 0.6 is 0 Å². The van der Waals surface area contributed by atoms with E-state index >= 15 is 0 Å². The van der Waals surface area contributed by atoms with E-state index in [1.807, 2.05) is 11.1 Å². The zero-order valence-corrected chi connectivity index (χ0v) is 12.9. The summed E-state index contributed by atoms with van der Waals surface area (Å²) in [6.07, 6.45) is 9.34. The van der Waals surface area contributed by atoms with Gasteiger partial charge in [-0.2, -0.15) is 0 Å². The maximum absolute atomic E-state index is 11.7. The average molecular weight is 287 g/mol. The SMILES string of the molecule is CC(=O)N1CCC[C@@H]1c1ccc(N2CCCCCC2)nc1. The molecule has 2 aliphatic rings. The molecule has 0 unspecified atom stereocenters. The van der Waals surface area contributed by atoms with Crippen molar-refractivity contribution < 1.29 is 4.79 Å². The van der Waals surface area contributed by atoms with E-state index in [1.54, 1.807) is 6.92 Å². The third kappa shape index (κ3) is 3.20. The zero-order valence-electron chi connectivity index (χ0n) is 12.9. The number of hydrogen-bond acceptors (Lipinski definition) is 3. The maximum atomic E-state index is 11.7. The molecule has 21 heavy (non-hydrogen) atoms. The summed E-state index contributed by atoms with van der Waals surface area (Å²) in [5.74, 6) is 1.27. The fourth-order valence-corrected chi connectivity index (χ4v) is 3.57. The predicted molar refractivity (Wildman–Crippen MR) is 84.3 cm³/mol. The molecule has 4 heteroatoms. The molecule has 0 N–H and O–H groups in total. The van der Waals surface area contributed by atoms with Crippen molar-refractivity contribution in [2.45, 2.75) is 51.5 Å². The number of pyridine rings is 1. The van der Waals surface area contributed by atoms with Crippen LogP contribution in [0.2, 0.25) is 0 Å². The van der Waals surface area contributed by atoms with Gasteiger partial charge in [-0.05, 0) is 37.3 Å². The Balaban J connectivity index is 1.72. The molecular formula is C17H25N3O. The zero-order chi connectivity index (χ0) is 14.7. The van der Waals surface area contributed by atoms with E-state index in [0.29, 0.717) is 0 Å². The number of hydrogen-bond donors (Lipinski definition) is 0. The standard InChI is InChI=1S/C17H25N3O/c1-14(21)20-12-6-7-16(20)15-8-9-17(18-13-15)19-10-4-2-3-5-11-19/h8-9,13,16H,2-7,10-12H2,1H3/t16-/m1/s1. The highest BCUT2D eigenvalue weighted by Gasteiger charge is 2.28. The highest BCUT2D eigenvalue weighted by atomic mass is 16.2. The lowest BCUT2D eigenvalue weighted by Gasteiger charge is -2.25. The van der Waals surface area contributed by atoms with Crippen molar-refractivity contribution in [3.8, 4) is 0 Å². The quantitative estimate of drug-likeness (QED) is 0.838. The third-order valence-electron chi connectivity index (χ3n) is 4.74. The summed E-state index contributed by atoms with van der Waals surface area (Å²) in [5.41, 5.74) is 1.18. The van der Waals surface area contributed by atoms with Crippen LogP contribution in [0, 0.1) is 0 Å². The molecule has 3 heterocycles. The lowest BCUT2D eigenvalue weighted by Crippen LogP contribution is -2.28. The van der Waals surface area contributed by atoms with Crippen LogP contribution in [0.15, 0.2) is 18.3 Å². The number of carbonyl (C=O) groups excluding carboxylic acids is 1. The molecular weight excluding hydrogens is 262 g/mol. The highest BCUT2D eigenvalue weighted by Crippen LogP contribution is 2.32. The summed E-state index contributed by atoms with van der Waals surface area (Å²) < 4.78 is 0. The van der Waals surface area contributed by atoms with Gasteiger partial charge in [-0.1, -0.05) is 18.9 Å². The van der Waals surface area contributed by atoms with Gasteiger partial charge < -0.3 is 9.80 Å². The number of nitrogens with zero attached hydrogens (tertiary/aromatic N) is 3. The van der Waals surface area contributed by atoms with Gasteiger partial charge in [0, 0.05) is 32.8 Å². The molecule has 0 bridgehead atoms. The molecule has 0 aliphatic carbocycles. The molecule has 3 rings (SSSR count). The number of rotatable bonds is 2. The summed E-state index contributed by atoms with van der Waals surface area (Å²) >= 11 is 0. The van der Waals surface area contributed by atoms with Crippen LogP contribution in [-0.2, 0) is 4.79 Å². The van der Waals surface area contributed by atoms with E-state index in [1.165, 1.54) is 31.2 Å². The fraction of sp³-hybridized carbons (Fsp3) is 0.647. The Labute approximate surface area is 127 Å². The molecule has 1 aromatic rings. The van der Waals surface area contributed by atoms with Crippen molar-refractivity contribution in [1.82, 2.24) is 9.88 Å². The van der Waals surface area contributed by atoms with Gasteiger partial charge in [-0.25, -0.2) is 4.98 Å². The Morgan fingerprint density at radius 1 is 1.10 bits per heavy atom. The van der Waals surface area contributed by atoms with Crippen LogP contribution in [0.3, 0.4) is 0 Å². The molecule has 0 aromatic carbocycles. The van der Waals surface area contributed by atoms with E-state index in [2.05, 4.69) is 22.0 Å². The molecule has 1 amide bonds. The lowest BCUT2D eigenvalue weighted by molar-refractivity contribution is -0.129. The first kappa shape index (κ1) is 14.4. The predicted octanol–water partition coefficient (Wildman–Crippen LogP) is 3.15. The average Bonchev–Trinajstić information content (AvgIpc) is 2.83. The first-order valence-corrected chi connectivity index (χ1v) is 8.24. The number of anilines is 1. The number of likely N-dealkylation sites (tertiary alicyclic amines) is 1. The molecule has 4 nitrogen and oxygen atoms in total. The monoisotopic (exact) mass is 287 g/mol. The first-order valence-electron chi connectivity index (χ1n) is 8.24. The molecule has 0 spiro atoms. The second-order valence-electron chi connectivity index (χ2n) is 6.22. The molecule has 1 atom stereocenters. The second kappa shape index (κ2) is 6.46. The molecule has 114 valence electrons. The Morgan fingerprint density at radius 3 is 2.48 bits per heavy atom. The molecule has 2 aliphatic heterocycles. The first-order chi connectivity index (χ1) is 10.3. The van der Waals surface area contributed by atoms with Crippen molar-refractivity contribution in [1.29, 1.82) is 0 Å². The van der Waals surface area contributed by atoms with E-state index in [-0.39, 0.29) is 11.9 Å². The Kier molecular flexibility index (Phi) is 4.42. The van der Waals surface area contributed by atoms with Crippen molar-refractivity contribution in [2.24, 2.45) is 0 Å². The Morgan fingerprint density at radius 2 is 1.86 bits per heavy atom. The number of amides is 1. The van der Waals surface area contributed by atoms with E-state index in [4.69, 9.17) is 0 Å². The molecule has 0 radical (unpaired) electrons. The normalized spacial score (nSPS) is 23.2. The minimum Gasteiger partial charge on any atom is -0.357 e. The van der Waals surface area contributed by atoms with Crippen LogP contribution in [0.5, 0.6) is 0 Å². The van der Waals surface area contributed by atoms with Crippen LogP contribution in [-0.4, -0.2) is 35.4 Å². The Bertz CT molecular complexity index is 477. The minimum atomic E-state index is 0.175. The van der Waals surface area contributed by atoms with E-state index in [9.17, 15) is 4.79 Å². The van der Waals surface area contributed by atoms with Gasteiger partial charge in [-0.15, -0.1) is 0 Å². The lowest BCUT2D eigenvalue weighted by atomic mass is 10.1. The minimum absolute atomic E-state index is 0.175. The molecule has 0 saturated carbocycles. The number of carbonyl (C=O) groups is 1. The van der Waals surface area contributed by atoms with Gasteiger partial charge >= 0.3 is 0 Å². The van der Waals surface area contributed by atoms with Crippen molar-refractivity contribution in [2.75, 3.05) is 24.5 Å². The van der Waals surface area contributed by atoms with Gasteiger partial charge in [0.1, 0.15) is 5.82 Å². The van der Waals surface area contributed by atoms with Crippen LogP contribution in [0.25, 0.3) is 0 Å². The fourth-order valence-electron chi connectivity index (χ4n) is 3.57. The summed E-state index contributed by atoms with van der Waals surface area (Å²) in [7, 11) is 0. The van der Waals surface area contributed by atoms with Crippen LogP contribution in [0.1, 0.15) is 57.1 Å². The summed E-state index contributed by atoms with van der Waals surface area (Å²) in [5, 5.41) is 0. The van der Waals surface area contributed by atoms with Crippen molar-refractivity contribution >= 4 is 11.7 Å². The Hall–Kier alpha value is -1.58. The molecule has 1 aromatic heterocycles. The molecule has 2 fully saturated rings. The number of aromatic nitrogens is 1. The van der Waals surface area contributed by atoms with Crippen molar-refractivity contribution in [3.63, 3.8) is 0 Å². The van der Waals surface area contributed by atoms with Gasteiger partial charge in [0.25, 0.3) is 0 Å². The van der Waals surface area contributed by atoms with Gasteiger partial charge in [-0.3, -0.25) is 4.79 Å². The van der Waals surface area contributed by atoms with Crippen LogP contribution < -0.4 is 4.90 Å². The van der Waals surface area contributed by atoms with E-state index < -0.39 is 0 Å². The van der Waals surface area contributed by atoms with Gasteiger partial charge in [0.15, 0.2) is 0 Å². The van der Waals surface area contributed by atoms with Crippen molar-refractivity contribution in [3.05, 3.63) is 23.9 Å². The summed E-state index contributed by atoms with van der Waals surface area (Å²) in [6, 6.07) is 4.53. The molecule has 2 saturated heterocycles. The highest BCUT2D eigenvalue weighted by molar-refractivity contribution is 5.74. The third-order valence-corrected chi connectivity index (χ3v) is 4.74. The second-order valence-corrected chi connectivity index (χ2v) is 6.22. The van der Waals surface area contributed by atoms with Crippen LogP contribution in [0.4, 0.5) is 5.82 Å². The van der Waals surface area contributed by atoms with Gasteiger partial charge in [0.05, 0.1) is 6.04 Å². The van der Waals surface area contributed by atoms with Gasteiger partial charge in [0.2, 0.25) is 5.91 Å². The summed E-state index contributed by atoms with van der Waals surface area (Å²) in [6.45, 7) is 4.79. The topological polar surface area (TPSA) is 36.4 Å².